The van der Waals surface area contributed by atoms with Crippen molar-refractivity contribution in [3.8, 4) is 5.75 Å². The molecule has 1 atom stereocenters. The summed E-state index contributed by atoms with van der Waals surface area (Å²) in [7, 11) is 3.34. The molecule has 0 saturated carbocycles. The molecule has 15 heavy (non-hydrogen) atoms. The van der Waals surface area contributed by atoms with Crippen molar-refractivity contribution in [2.45, 2.75) is 18.9 Å². The minimum absolute atomic E-state index is 0.345. The fraction of sp³-hybridized carbons (Fsp3) is 0.500. The minimum atomic E-state index is -0.345. The van der Waals surface area contributed by atoms with Crippen LogP contribution in [0.4, 0.5) is 0 Å². The molecule has 1 aromatic rings. The molecule has 0 aliphatic heterocycles. The minimum Gasteiger partial charge on any atom is -0.497 e. The molecular weight excluding hydrogens is 190 g/mol. The summed E-state index contributed by atoms with van der Waals surface area (Å²) >= 11 is 0. The third kappa shape index (κ3) is 3.22. The Labute approximate surface area is 91.2 Å². The Morgan fingerprint density at radius 2 is 1.80 bits per heavy atom. The third-order valence-electron chi connectivity index (χ3n) is 2.58. The Bertz CT molecular complexity index is 293. The van der Waals surface area contributed by atoms with Gasteiger partial charge in [0.05, 0.1) is 7.11 Å². The number of hydrogen-bond donors (Lipinski definition) is 1. The average Bonchev–Trinajstić information content (AvgIpc) is 2.26. The van der Waals surface area contributed by atoms with Crippen LogP contribution in [0, 0.1) is 0 Å². The quantitative estimate of drug-likeness (QED) is 0.805. The maximum absolute atomic E-state index is 6.19. The van der Waals surface area contributed by atoms with Gasteiger partial charge in [0.1, 0.15) is 5.75 Å². The van der Waals surface area contributed by atoms with Gasteiger partial charge in [0.15, 0.2) is 0 Å². The topological polar surface area (TPSA) is 44.5 Å². The van der Waals surface area contributed by atoms with Crippen molar-refractivity contribution in [1.29, 1.82) is 0 Å². The molecule has 0 radical (unpaired) electrons. The van der Waals surface area contributed by atoms with E-state index in [1.165, 1.54) is 0 Å². The van der Waals surface area contributed by atoms with Crippen LogP contribution in [0.1, 0.15) is 18.9 Å². The second-order valence-corrected chi connectivity index (χ2v) is 3.89. The van der Waals surface area contributed by atoms with E-state index in [1.54, 1.807) is 14.2 Å². The summed E-state index contributed by atoms with van der Waals surface area (Å²) in [5, 5.41) is 0. The molecule has 1 aromatic carbocycles. The summed E-state index contributed by atoms with van der Waals surface area (Å²) < 4.78 is 10.1. The van der Waals surface area contributed by atoms with Gasteiger partial charge in [0.25, 0.3) is 0 Å². The van der Waals surface area contributed by atoms with Gasteiger partial charge in [0, 0.05) is 19.3 Å². The Hall–Kier alpha value is -1.06. The molecule has 2 N–H and O–H groups in total. The number of methoxy groups -OCH3 is 2. The van der Waals surface area contributed by atoms with Gasteiger partial charge in [-0.2, -0.15) is 0 Å². The van der Waals surface area contributed by atoms with Crippen molar-refractivity contribution < 1.29 is 9.47 Å². The van der Waals surface area contributed by atoms with E-state index in [0.29, 0.717) is 6.61 Å². The zero-order valence-electron chi connectivity index (χ0n) is 9.62. The lowest BCUT2D eigenvalue weighted by atomic mass is 9.90. The molecule has 0 spiro atoms. The van der Waals surface area contributed by atoms with Crippen LogP contribution in [0.15, 0.2) is 24.3 Å². The summed E-state index contributed by atoms with van der Waals surface area (Å²) in [4.78, 5) is 0. The van der Waals surface area contributed by atoms with Crippen LogP contribution in [-0.4, -0.2) is 20.8 Å². The molecule has 0 saturated heterocycles. The molecule has 1 unspecified atom stereocenters. The summed E-state index contributed by atoms with van der Waals surface area (Å²) in [6, 6.07) is 7.84. The number of benzene rings is 1. The van der Waals surface area contributed by atoms with E-state index in [-0.39, 0.29) is 5.54 Å². The summed E-state index contributed by atoms with van der Waals surface area (Å²) in [6.45, 7) is 2.67. The maximum atomic E-state index is 6.19. The van der Waals surface area contributed by atoms with E-state index < -0.39 is 0 Å². The fourth-order valence-corrected chi connectivity index (χ4v) is 1.43. The number of rotatable bonds is 5. The Kier molecular flexibility index (Phi) is 4.12. The number of hydrogen-bond acceptors (Lipinski definition) is 3. The van der Waals surface area contributed by atoms with Crippen LogP contribution in [0.5, 0.6) is 5.75 Å². The SMILES string of the molecule is COCCC(C)(N)c1ccc(OC)cc1. The lowest BCUT2D eigenvalue weighted by Gasteiger charge is -2.25. The summed E-state index contributed by atoms with van der Waals surface area (Å²) in [6.07, 6.45) is 0.801. The van der Waals surface area contributed by atoms with E-state index in [9.17, 15) is 0 Å². The highest BCUT2D eigenvalue weighted by molar-refractivity contribution is 5.31. The first-order valence-corrected chi connectivity index (χ1v) is 5.02. The molecule has 3 nitrogen and oxygen atoms in total. The zero-order chi connectivity index (χ0) is 11.3. The van der Waals surface area contributed by atoms with E-state index in [2.05, 4.69) is 0 Å². The van der Waals surface area contributed by atoms with Crippen LogP contribution < -0.4 is 10.5 Å². The first-order chi connectivity index (χ1) is 7.10. The van der Waals surface area contributed by atoms with E-state index >= 15 is 0 Å². The Balaban J connectivity index is 2.75. The summed E-state index contributed by atoms with van der Waals surface area (Å²) in [5.41, 5.74) is 6.95. The largest absolute Gasteiger partial charge is 0.497 e. The van der Waals surface area contributed by atoms with Gasteiger partial charge in [0.2, 0.25) is 0 Å². The van der Waals surface area contributed by atoms with E-state index in [4.69, 9.17) is 15.2 Å². The highest BCUT2D eigenvalue weighted by atomic mass is 16.5. The van der Waals surface area contributed by atoms with E-state index in [0.717, 1.165) is 17.7 Å². The molecule has 0 bridgehead atoms. The molecule has 0 aromatic heterocycles. The van der Waals surface area contributed by atoms with Gasteiger partial charge in [-0.25, -0.2) is 0 Å². The summed E-state index contributed by atoms with van der Waals surface area (Å²) in [5.74, 6) is 0.848. The second-order valence-electron chi connectivity index (χ2n) is 3.89. The predicted molar refractivity (Wildman–Crippen MR) is 61.0 cm³/mol. The smallest absolute Gasteiger partial charge is 0.118 e. The van der Waals surface area contributed by atoms with Crippen molar-refractivity contribution in [1.82, 2.24) is 0 Å². The lowest BCUT2D eigenvalue weighted by molar-refractivity contribution is 0.172. The normalized spacial score (nSPS) is 14.7. The molecule has 0 aliphatic carbocycles. The van der Waals surface area contributed by atoms with Gasteiger partial charge < -0.3 is 15.2 Å². The van der Waals surface area contributed by atoms with Gasteiger partial charge in [-0.1, -0.05) is 12.1 Å². The first-order valence-electron chi connectivity index (χ1n) is 5.02. The Morgan fingerprint density at radius 1 is 1.20 bits per heavy atom. The second kappa shape index (κ2) is 5.14. The van der Waals surface area contributed by atoms with Crippen molar-refractivity contribution in [3.05, 3.63) is 29.8 Å². The van der Waals surface area contributed by atoms with Crippen LogP contribution >= 0.6 is 0 Å². The van der Waals surface area contributed by atoms with Crippen molar-refractivity contribution in [3.63, 3.8) is 0 Å². The zero-order valence-corrected chi connectivity index (χ0v) is 9.62. The maximum Gasteiger partial charge on any atom is 0.118 e. The van der Waals surface area contributed by atoms with Gasteiger partial charge in [-0.05, 0) is 31.0 Å². The first kappa shape index (κ1) is 12.0. The molecule has 0 aliphatic rings. The van der Waals surface area contributed by atoms with Gasteiger partial charge >= 0.3 is 0 Å². The molecule has 0 amide bonds. The van der Waals surface area contributed by atoms with Crippen LogP contribution in [0.25, 0.3) is 0 Å². The number of ether oxygens (including phenoxy) is 2. The molecule has 0 fully saturated rings. The monoisotopic (exact) mass is 209 g/mol. The number of nitrogens with two attached hydrogens (primary N) is 1. The van der Waals surface area contributed by atoms with Crippen LogP contribution in [0.2, 0.25) is 0 Å². The molecule has 0 heterocycles. The standard InChI is InChI=1S/C12H19NO2/c1-12(13,8-9-14-2)10-4-6-11(15-3)7-5-10/h4-7H,8-9,13H2,1-3H3. The Morgan fingerprint density at radius 3 is 2.27 bits per heavy atom. The molecule has 84 valence electrons. The molecular formula is C12H19NO2. The van der Waals surface area contributed by atoms with Crippen molar-refractivity contribution >= 4 is 0 Å². The van der Waals surface area contributed by atoms with Crippen molar-refractivity contribution in [2.24, 2.45) is 5.73 Å². The average molecular weight is 209 g/mol. The fourth-order valence-electron chi connectivity index (χ4n) is 1.43. The van der Waals surface area contributed by atoms with Crippen molar-refractivity contribution in [2.75, 3.05) is 20.8 Å². The van der Waals surface area contributed by atoms with Crippen LogP contribution in [0.3, 0.4) is 0 Å². The van der Waals surface area contributed by atoms with Gasteiger partial charge in [-0.15, -0.1) is 0 Å². The van der Waals surface area contributed by atoms with Gasteiger partial charge in [-0.3, -0.25) is 0 Å². The third-order valence-corrected chi connectivity index (χ3v) is 2.58. The predicted octanol–water partition coefficient (Wildman–Crippen LogP) is 1.91. The molecule has 3 heteroatoms. The highest BCUT2D eigenvalue weighted by Crippen LogP contribution is 2.23. The molecule has 1 rings (SSSR count). The van der Waals surface area contributed by atoms with Crippen LogP contribution in [-0.2, 0) is 10.3 Å². The highest BCUT2D eigenvalue weighted by Gasteiger charge is 2.20. The van der Waals surface area contributed by atoms with E-state index in [1.807, 2.05) is 31.2 Å². The lowest BCUT2D eigenvalue weighted by Crippen LogP contribution is -2.34.